The lowest BCUT2D eigenvalue weighted by molar-refractivity contribution is -0.123. The van der Waals surface area contributed by atoms with E-state index in [4.69, 9.17) is 0 Å². The van der Waals surface area contributed by atoms with Crippen molar-refractivity contribution in [3.63, 3.8) is 0 Å². The summed E-state index contributed by atoms with van der Waals surface area (Å²) in [4.78, 5) is 11.9. The van der Waals surface area contributed by atoms with E-state index in [0.717, 1.165) is 25.5 Å². The van der Waals surface area contributed by atoms with E-state index in [1.54, 1.807) is 13.8 Å². The number of carbonyl (C=O) groups excluding carboxylic acids is 1. The molecule has 0 spiro atoms. The fraction of sp³-hybridized carbons (Fsp3) is 0.562. The molecule has 0 radical (unpaired) electrons. The molecule has 0 saturated carbocycles. The second-order valence-corrected chi connectivity index (χ2v) is 7.99. The van der Waals surface area contributed by atoms with Gasteiger partial charge in [-0.05, 0) is 37.4 Å². The van der Waals surface area contributed by atoms with Gasteiger partial charge in [0, 0.05) is 12.6 Å². The maximum Gasteiger partial charge on any atom is 0.244 e. The molecule has 1 amide bonds. The first-order valence-corrected chi connectivity index (χ1v) is 9.57. The molecular formula is C16H25ClFN3O3S. The third-order valence-electron chi connectivity index (χ3n) is 4.04. The highest BCUT2D eigenvalue weighted by Gasteiger charge is 2.30. The van der Waals surface area contributed by atoms with E-state index >= 15 is 0 Å². The van der Waals surface area contributed by atoms with E-state index in [2.05, 4.69) is 15.4 Å². The number of rotatable bonds is 7. The molecule has 9 heteroatoms. The average Bonchev–Trinajstić information content (AvgIpc) is 3.04. The zero-order valence-corrected chi connectivity index (χ0v) is 15.9. The second-order valence-electron chi connectivity index (χ2n) is 6.31. The van der Waals surface area contributed by atoms with E-state index in [1.165, 1.54) is 18.2 Å². The zero-order chi connectivity index (χ0) is 17.7. The molecule has 1 aromatic carbocycles. The molecule has 0 aliphatic carbocycles. The van der Waals surface area contributed by atoms with Gasteiger partial charge in [-0.1, -0.05) is 26.0 Å². The minimum absolute atomic E-state index is 0. The van der Waals surface area contributed by atoms with Gasteiger partial charge < -0.3 is 10.6 Å². The molecule has 1 aliphatic rings. The molecule has 0 aromatic heterocycles. The van der Waals surface area contributed by atoms with Crippen molar-refractivity contribution in [3.8, 4) is 0 Å². The maximum atomic E-state index is 13.8. The number of sulfonamides is 1. The summed E-state index contributed by atoms with van der Waals surface area (Å²) >= 11 is 0. The molecule has 1 fully saturated rings. The van der Waals surface area contributed by atoms with Crippen molar-refractivity contribution in [2.24, 2.45) is 5.92 Å². The molecule has 2 unspecified atom stereocenters. The first kappa shape index (κ1) is 21.8. The Balaban J connectivity index is 0.00000312. The Hall–Kier alpha value is -1.22. The molecule has 2 rings (SSSR count). The highest BCUT2D eigenvalue weighted by molar-refractivity contribution is 7.89. The Morgan fingerprint density at radius 1 is 1.36 bits per heavy atom. The van der Waals surface area contributed by atoms with Crippen LogP contribution < -0.4 is 15.4 Å². The van der Waals surface area contributed by atoms with Gasteiger partial charge in [-0.25, -0.2) is 12.8 Å². The van der Waals surface area contributed by atoms with E-state index in [1.807, 2.05) is 0 Å². The largest absolute Gasteiger partial charge is 0.353 e. The van der Waals surface area contributed by atoms with Crippen LogP contribution in [0, 0.1) is 11.7 Å². The summed E-state index contributed by atoms with van der Waals surface area (Å²) in [5.74, 6) is -1.52. The fourth-order valence-electron chi connectivity index (χ4n) is 2.65. The van der Waals surface area contributed by atoms with Gasteiger partial charge in [-0.3, -0.25) is 4.79 Å². The number of hydrogen-bond acceptors (Lipinski definition) is 4. The summed E-state index contributed by atoms with van der Waals surface area (Å²) in [5.41, 5.74) is 0. The van der Waals surface area contributed by atoms with Crippen molar-refractivity contribution in [3.05, 3.63) is 30.1 Å². The fourth-order valence-corrected chi connectivity index (χ4v) is 4.07. The monoisotopic (exact) mass is 393 g/mol. The van der Waals surface area contributed by atoms with E-state index in [0.29, 0.717) is 6.54 Å². The van der Waals surface area contributed by atoms with Crippen molar-refractivity contribution >= 4 is 28.3 Å². The number of hydrogen-bond donors (Lipinski definition) is 3. The Labute approximate surface area is 154 Å². The molecule has 6 nitrogen and oxygen atoms in total. The van der Waals surface area contributed by atoms with Crippen LogP contribution in [0.4, 0.5) is 4.39 Å². The number of halogens is 2. The van der Waals surface area contributed by atoms with Gasteiger partial charge >= 0.3 is 0 Å². The van der Waals surface area contributed by atoms with Gasteiger partial charge in [0.15, 0.2) is 0 Å². The van der Waals surface area contributed by atoms with Crippen LogP contribution in [-0.2, 0) is 14.8 Å². The van der Waals surface area contributed by atoms with Gasteiger partial charge in [0.2, 0.25) is 15.9 Å². The molecule has 3 N–H and O–H groups in total. The van der Waals surface area contributed by atoms with E-state index < -0.39 is 32.7 Å². The topological polar surface area (TPSA) is 87.3 Å². The van der Waals surface area contributed by atoms with E-state index in [9.17, 15) is 17.6 Å². The molecule has 2 atom stereocenters. The Morgan fingerprint density at radius 3 is 2.60 bits per heavy atom. The number of benzene rings is 1. The highest BCUT2D eigenvalue weighted by Crippen LogP contribution is 2.15. The van der Waals surface area contributed by atoms with Gasteiger partial charge in [0.1, 0.15) is 16.8 Å². The van der Waals surface area contributed by atoms with Crippen LogP contribution in [0.5, 0.6) is 0 Å². The molecule has 1 aliphatic heterocycles. The van der Waals surface area contributed by atoms with Crippen molar-refractivity contribution in [2.75, 3.05) is 13.1 Å². The SMILES string of the molecule is CC(C)C(NS(=O)(=O)c1ccccc1F)C(=O)NCC1CCCN1.Cl. The Bertz CT molecular complexity index is 679. The normalized spacial score (nSPS) is 18.6. The predicted octanol–water partition coefficient (Wildman–Crippen LogP) is 1.42. The van der Waals surface area contributed by atoms with Crippen LogP contribution >= 0.6 is 12.4 Å². The van der Waals surface area contributed by atoms with Crippen LogP contribution in [0.15, 0.2) is 29.2 Å². The van der Waals surface area contributed by atoms with Crippen LogP contribution in [0.2, 0.25) is 0 Å². The van der Waals surface area contributed by atoms with Crippen molar-refractivity contribution in [2.45, 2.75) is 43.7 Å². The summed E-state index contributed by atoms with van der Waals surface area (Å²) in [6, 6.07) is 4.35. The molecule has 1 aromatic rings. The lowest BCUT2D eigenvalue weighted by Crippen LogP contribution is -2.51. The summed E-state index contributed by atoms with van der Waals surface area (Å²) in [5, 5.41) is 6.03. The first-order valence-electron chi connectivity index (χ1n) is 8.09. The molecular weight excluding hydrogens is 369 g/mol. The van der Waals surface area contributed by atoms with Gasteiger partial charge in [0.05, 0.1) is 0 Å². The summed E-state index contributed by atoms with van der Waals surface area (Å²) in [7, 11) is -4.12. The van der Waals surface area contributed by atoms with Gasteiger partial charge in [-0.2, -0.15) is 4.72 Å². The lowest BCUT2D eigenvalue weighted by atomic mass is 10.0. The van der Waals surface area contributed by atoms with Crippen molar-refractivity contribution < 1.29 is 17.6 Å². The third kappa shape index (κ3) is 5.91. The summed E-state index contributed by atoms with van der Waals surface area (Å²) in [6.07, 6.45) is 2.04. The summed E-state index contributed by atoms with van der Waals surface area (Å²) < 4.78 is 40.9. The molecule has 1 saturated heterocycles. The van der Waals surface area contributed by atoms with Crippen LogP contribution in [0.1, 0.15) is 26.7 Å². The van der Waals surface area contributed by atoms with Crippen LogP contribution in [0.25, 0.3) is 0 Å². The highest BCUT2D eigenvalue weighted by atomic mass is 35.5. The van der Waals surface area contributed by atoms with Gasteiger partial charge in [-0.15, -0.1) is 12.4 Å². The van der Waals surface area contributed by atoms with Crippen molar-refractivity contribution in [1.82, 2.24) is 15.4 Å². The Morgan fingerprint density at radius 2 is 2.04 bits per heavy atom. The third-order valence-corrected chi connectivity index (χ3v) is 5.52. The van der Waals surface area contributed by atoms with Crippen LogP contribution in [0.3, 0.4) is 0 Å². The number of amides is 1. The second kappa shape index (κ2) is 9.47. The molecule has 25 heavy (non-hydrogen) atoms. The Kier molecular flexibility index (Phi) is 8.27. The lowest BCUT2D eigenvalue weighted by Gasteiger charge is -2.22. The smallest absolute Gasteiger partial charge is 0.244 e. The van der Waals surface area contributed by atoms with Gasteiger partial charge in [0.25, 0.3) is 0 Å². The predicted molar refractivity (Wildman–Crippen MR) is 96.6 cm³/mol. The van der Waals surface area contributed by atoms with Crippen molar-refractivity contribution in [1.29, 1.82) is 0 Å². The molecule has 1 heterocycles. The minimum Gasteiger partial charge on any atom is -0.353 e. The van der Waals surface area contributed by atoms with Crippen LogP contribution in [-0.4, -0.2) is 39.5 Å². The average molecular weight is 394 g/mol. The quantitative estimate of drug-likeness (QED) is 0.653. The van der Waals surface area contributed by atoms with E-state index in [-0.39, 0.29) is 24.4 Å². The standard InChI is InChI=1S/C16H24FN3O3S.ClH/c1-11(2)15(16(21)19-10-12-6-5-9-18-12)20-24(22,23)14-8-4-3-7-13(14)17;/h3-4,7-8,11-12,15,18,20H,5-6,9-10H2,1-2H3,(H,19,21);1H. The minimum atomic E-state index is -4.12. The summed E-state index contributed by atoms with van der Waals surface area (Å²) in [6.45, 7) is 4.85. The number of carbonyl (C=O) groups is 1. The maximum absolute atomic E-state index is 13.8. The number of nitrogens with one attached hydrogen (secondary N) is 3. The first-order chi connectivity index (χ1) is 11.3. The zero-order valence-electron chi connectivity index (χ0n) is 14.3. The molecule has 0 bridgehead atoms. The molecule has 142 valence electrons.